The zero-order chi connectivity index (χ0) is 17.4. The summed E-state index contributed by atoms with van der Waals surface area (Å²) in [4.78, 5) is 12.9. The highest BCUT2D eigenvalue weighted by atomic mass is 16.2. The molecule has 5 heteroatoms. The molecule has 0 saturated carbocycles. The highest BCUT2D eigenvalue weighted by Gasteiger charge is 2.47. The fourth-order valence-corrected chi connectivity index (χ4v) is 3.68. The molecule has 5 nitrogen and oxygen atoms in total. The Labute approximate surface area is 146 Å². The summed E-state index contributed by atoms with van der Waals surface area (Å²) in [5.41, 5.74) is 5.97. The highest BCUT2D eigenvalue weighted by molar-refractivity contribution is 6.06. The molecule has 3 unspecified atom stereocenters. The normalized spacial score (nSPS) is 25.4. The summed E-state index contributed by atoms with van der Waals surface area (Å²) in [6, 6.07) is 21.8. The van der Waals surface area contributed by atoms with Gasteiger partial charge in [0.1, 0.15) is 17.8 Å². The van der Waals surface area contributed by atoms with E-state index in [1.54, 1.807) is 5.01 Å². The van der Waals surface area contributed by atoms with Crippen LogP contribution >= 0.6 is 0 Å². The molecule has 0 aliphatic carbocycles. The molecule has 1 saturated heterocycles. The van der Waals surface area contributed by atoms with Gasteiger partial charge in [0, 0.05) is 12.0 Å². The standard InChI is InChI=1S/C20H18N4O/c1-13-17(14-8-4-2-5-9-14)19-22-18(15-10-6-3-7-11-15)16(12-21)20(25)24(19)23-13/h2-11,13,17,19,22-23H,1H3. The summed E-state index contributed by atoms with van der Waals surface area (Å²) in [5.74, 6) is -0.195. The van der Waals surface area contributed by atoms with Gasteiger partial charge in [-0.05, 0) is 18.1 Å². The van der Waals surface area contributed by atoms with Crippen LogP contribution in [0.3, 0.4) is 0 Å². The van der Waals surface area contributed by atoms with Crippen molar-refractivity contribution in [2.75, 3.05) is 0 Å². The first-order valence-corrected chi connectivity index (χ1v) is 8.31. The number of rotatable bonds is 2. The van der Waals surface area contributed by atoms with Gasteiger partial charge in [-0.1, -0.05) is 60.7 Å². The van der Waals surface area contributed by atoms with E-state index in [1.165, 1.54) is 0 Å². The van der Waals surface area contributed by atoms with Crippen LogP contribution in [0.25, 0.3) is 5.70 Å². The van der Waals surface area contributed by atoms with Gasteiger partial charge in [-0.2, -0.15) is 5.26 Å². The molecule has 0 bridgehead atoms. The Morgan fingerprint density at radius 2 is 1.68 bits per heavy atom. The molecular formula is C20H18N4O. The predicted octanol–water partition coefficient (Wildman–Crippen LogP) is 2.37. The van der Waals surface area contributed by atoms with Crippen LogP contribution in [-0.2, 0) is 4.79 Å². The van der Waals surface area contributed by atoms with Gasteiger partial charge in [0.15, 0.2) is 0 Å². The summed E-state index contributed by atoms with van der Waals surface area (Å²) in [7, 11) is 0. The molecule has 0 aromatic heterocycles. The van der Waals surface area contributed by atoms with Crippen LogP contribution in [0, 0.1) is 11.3 Å². The number of fused-ring (bicyclic) bond motifs is 1. The summed E-state index contributed by atoms with van der Waals surface area (Å²) < 4.78 is 0. The molecule has 2 aromatic rings. The second kappa shape index (κ2) is 6.08. The molecule has 1 fully saturated rings. The zero-order valence-corrected chi connectivity index (χ0v) is 13.8. The van der Waals surface area contributed by atoms with Gasteiger partial charge in [0.25, 0.3) is 5.91 Å². The molecule has 3 atom stereocenters. The average molecular weight is 330 g/mol. The molecule has 1 amide bonds. The van der Waals surface area contributed by atoms with Crippen molar-refractivity contribution >= 4 is 11.6 Å². The first-order chi connectivity index (χ1) is 12.2. The number of carbonyl (C=O) groups excluding carboxylic acids is 1. The van der Waals surface area contributed by atoms with E-state index in [1.807, 2.05) is 48.5 Å². The third kappa shape index (κ3) is 2.48. The maximum atomic E-state index is 12.9. The van der Waals surface area contributed by atoms with E-state index in [-0.39, 0.29) is 29.6 Å². The van der Waals surface area contributed by atoms with Gasteiger partial charge in [-0.15, -0.1) is 0 Å². The van der Waals surface area contributed by atoms with Crippen molar-refractivity contribution in [3.63, 3.8) is 0 Å². The maximum Gasteiger partial charge on any atom is 0.282 e. The topological polar surface area (TPSA) is 68.2 Å². The molecule has 2 heterocycles. The van der Waals surface area contributed by atoms with E-state index in [0.29, 0.717) is 5.70 Å². The monoisotopic (exact) mass is 330 g/mol. The first kappa shape index (κ1) is 15.4. The Morgan fingerprint density at radius 3 is 2.32 bits per heavy atom. The number of hydrogen-bond acceptors (Lipinski definition) is 4. The van der Waals surface area contributed by atoms with Crippen LogP contribution < -0.4 is 10.7 Å². The minimum atomic E-state index is -0.282. The lowest BCUT2D eigenvalue weighted by molar-refractivity contribution is -0.131. The quantitative estimate of drug-likeness (QED) is 0.887. The van der Waals surface area contributed by atoms with Gasteiger partial charge in [-0.3, -0.25) is 4.79 Å². The highest BCUT2D eigenvalue weighted by Crippen LogP contribution is 2.36. The molecule has 0 radical (unpaired) electrons. The van der Waals surface area contributed by atoms with Gasteiger partial charge in [0.05, 0.1) is 5.70 Å². The zero-order valence-electron chi connectivity index (χ0n) is 13.8. The van der Waals surface area contributed by atoms with E-state index in [2.05, 4.69) is 35.9 Å². The van der Waals surface area contributed by atoms with Gasteiger partial charge in [0.2, 0.25) is 0 Å². The third-order valence-corrected chi connectivity index (χ3v) is 4.83. The van der Waals surface area contributed by atoms with Crippen LogP contribution in [0.4, 0.5) is 0 Å². The number of nitrogens with one attached hydrogen (secondary N) is 2. The lowest BCUT2D eigenvalue weighted by Crippen LogP contribution is -2.54. The van der Waals surface area contributed by atoms with Crippen LogP contribution in [0.5, 0.6) is 0 Å². The number of carbonyl (C=O) groups is 1. The van der Waals surface area contributed by atoms with Crippen LogP contribution in [0.1, 0.15) is 24.0 Å². The van der Waals surface area contributed by atoms with Gasteiger partial charge in [-0.25, -0.2) is 10.4 Å². The van der Waals surface area contributed by atoms with Crippen molar-refractivity contribution in [1.29, 1.82) is 5.26 Å². The third-order valence-electron chi connectivity index (χ3n) is 4.83. The average Bonchev–Trinajstić information content (AvgIpc) is 2.99. The Morgan fingerprint density at radius 1 is 1.04 bits per heavy atom. The second-order valence-corrected chi connectivity index (χ2v) is 6.35. The number of nitrogens with zero attached hydrogens (tertiary/aromatic N) is 2. The fraction of sp³-hybridized carbons (Fsp3) is 0.200. The molecular weight excluding hydrogens is 312 g/mol. The van der Waals surface area contributed by atoms with E-state index in [4.69, 9.17) is 0 Å². The van der Waals surface area contributed by atoms with Crippen LogP contribution in [0.15, 0.2) is 66.2 Å². The molecule has 4 rings (SSSR count). The van der Waals surface area contributed by atoms with Crippen molar-refractivity contribution in [1.82, 2.24) is 15.8 Å². The Bertz CT molecular complexity index is 870. The van der Waals surface area contributed by atoms with Crippen LogP contribution in [-0.4, -0.2) is 23.1 Å². The van der Waals surface area contributed by atoms with E-state index < -0.39 is 0 Å². The maximum absolute atomic E-state index is 12.9. The smallest absolute Gasteiger partial charge is 0.282 e. The number of hydrogen-bond donors (Lipinski definition) is 2. The van der Waals surface area contributed by atoms with E-state index >= 15 is 0 Å². The predicted molar refractivity (Wildman–Crippen MR) is 94.5 cm³/mol. The van der Waals surface area contributed by atoms with Crippen LogP contribution in [0.2, 0.25) is 0 Å². The molecule has 2 aliphatic rings. The van der Waals surface area contributed by atoms with Gasteiger partial charge < -0.3 is 5.32 Å². The van der Waals surface area contributed by atoms with E-state index in [0.717, 1.165) is 11.1 Å². The summed E-state index contributed by atoms with van der Waals surface area (Å²) in [6.07, 6.45) is -0.239. The van der Waals surface area contributed by atoms with Crippen molar-refractivity contribution in [2.45, 2.75) is 25.0 Å². The number of amides is 1. The molecule has 25 heavy (non-hydrogen) atoms. The largest absolute Gasteiger partial charge is 0.362 e. The summed E-state index contributed by atoms with van der Waals surface area (Å²) >= 11 is 0. The first-order valence-electron chi connectivity index (χ1n) is 8.31. The molecule has 2 aliphatic heterocycles. The molecule has 0 spiro atoms. The Kier molecular flexibility index (Phi) is 3.75. The van der Waals surface area contributed by atoms with Crippen molar-refractivity contribution in [2.24, 2.45) is 0 Å². The fourth-order valence-electron chi connectivity index (χ4n) is 3.68. The summed E-state index contributed by atoms with van der Waals surface area (Å²) in [6.45, 7) is 2.05. The van der Waals surface area contributed by atoms with Crippen molar-refractivity contribution in [3.05, 3.63) is 77.4 Å². The minimum Gasteiger partial charge on any atom is -0.362 e. The molecule has 2 aromatic carbocycles. The summed E-state index contributed by atoms with van der Waals surface area (Å²) in [5, 5.41) is 14.5. The molecule has 2 N–H and O–H groups in total. The SMILES string of the molecule is CC1NN2C(=O)C(C#N)=C(c3ccccc3)NC2C1c1ccccc1. The lowest BCUT2D eigenvalue weighted by Gasteiger charge is -2.34. The Hall–Kier alpha value is -3.10. The number of benzene rings is 2. The van der Waals surface area contributed by atoms with Crippen molar-refractivity contribution in [3.8, 4) is 6.07 Å². The van der Waals surface area contributed by atoms with Crippen molar-refractivity contribution < 1.29 is 4.79 Å². The number of hydrazine groups is 1. The minimum absolute atomic E-state index is 0.0684. The molecule has 124 valence electrons. The van der Waals surface area contributed by atoms with E-state index in [9.17, 15) is 10.1 Å². The second-order valence-electron chi connectivity index (χ2n) is 6.35. The van der Waals surface area contributed by atoms with Gasteiger partial charge >= 0.3 is 0 Å². The lowest BCUT2D eigenvalue weighted by atomic mass is 9.89. The Balaban J connectivity index is 1.79. The number of nitriles is 1.